The molecule has 0 radical (unpaired) electrons. The van der Waals surface area contributed by atoms with Crippen LogP contribution in [0, 0.1) is 0 Å². The van der Waals surface area contributed by atoms with Gasteiger partial charge in [-0.1, -0.05) is 11.6 Å². The van der Waals surface area contributed by atoms with Gasteiger partial charge in [-0.15, -0.1) is 5.10 Å². The van der Waals surface area contributed by atoms with Gasteiger partial charge in [0.2, 0.25) is 0 Å². The summed E-state index contributed by atoms with van der Waals surface area (Å²) in [5, 5.41) is 9.29. The molecule has 0 saturated heterocycles. The number of halogens is 3. The summed E-state index contributed by atoms with van der Waals surface area (Å²) in [7, 11) is 0. The molecule has 3 rings (SSSR count). The molecule has 0 saturated carbocycles. The molecule has 0 bridgehead atoms. The second-order valence-corrected chi connectivity index (χ2v) is 4.13. The zero-order chi connectivity index (χ0) is 12.7. The fourth-order valence-electron chi connectivity index (χ4n) is 1.72. The maximum atomic E-state index is 12.4. The molecule has 0 aliphatic rings. The van der Waals surface area contributed by atoms with Gasteiger partial charge in [0.1, 0.15) is 0 Å². The van der Waals surface area contributed by atoms with Crippen LogP contribution in [0.2, 0.25) is 5.02 Å². The standard InChI is InChI=1S/C11H7ClF2N4/c12-8-2-1-7-6-15-18(9(7)5-8)10-3-4-17(16-10)11(13)14/h1-6,11H. The molecule has 4 nitrogen and oxygen atoms in total. The number of fused-ring (bicyclic) bond motifs is 1. The van der Waals surface area contributed by atoms with E-state index < -0.39 is 6.55 Å². The van der Waals surface area contributed by atoms with Gasteiger partial charge in [0.05, 0.1) is 11.7 Å². The van der Waals surface area contributed by atoms with Gasteiger partial charge in [-0.3, -0.25) is 0 Å². The minimum absolute atomic E-state index is 0.326. The molecule has 7 heteroatoms. The summed E-state index contributed by atoms with van der Waals surface area (Å²) >= 11 is 5.90. The van der Waals surface area contributed by atoms with Crippen molar-refractivity contribution in [2.24, 2.45) is 0 Å². The van der Waals surface area contributed by atoms with Gasteiger partial charge in [-0.05, 0) is 18.2 Å². The van der Waals surface area contributed by atoms with Crippen LogP contribution < -0.4 is 0 Å². The number of aromatic nitrogens is 4. The van der Waals surface area contributed by atoms with Crippen LogP contribution in [0.5, 0.6) is 0 Å². The maximum Gasteiger partial charge on any atom is 0.333 e. The van der Waals surface area contributed by atoms with Crippen LogP contribution in [-0.4, -0.2) is 19.6 Å². The van der Waals surface area contributed by atoms with E-state index in [2.05, 4.69) is 10.2 Å². The first-order chi connectivity index (χ1) is 8.65. The summed E-state index contributed by atoms with van der Waals surface area (Å²) in [5.41, 5.74) is 0.724. The van der Waals surface area contributed by atoms with Crippen molar-refractivity contribution >= 4 is 22.5 Å². The Morgan fingerprint density at radius 1 is 1.22 bits per heavy atom. The lowest BCUT2D eigenvalue weighted by molar-refractivity contribution is 0.0565. The van der Waals surface area contributed by atoms with E-state index in [1.54, 1.807) is 18.3 Å². The zero-order valence-corrected chi connectivity index (χ0v) is 9.72. The van der Waals surface area contributed by atoms with Gasteiger partial charge in [-0.25, -0.2) is 9.36 Å². The van der Waals surface area contributed by atoms with E-state index in [-0.39, 0.29) is 0 Å². The highest BCUT2D eigenvalue weighted by atomic mass is 35.5. The van der Waals surface area contributed by atoms with Crippen molar-refractivity contribution in [1.82, 2.24) is 19.6 Å². The zero-order valence-electron chi connectivity index (χ0n) is 8.96. The molecule has 92 valence electrons. The number of rotatable bonds is 2. The molecular weight excluding hydrogens is 262 g/mol. The third-order valence-electron chi connectivity index (χ3n) is 2.54. The van der Waals surface area contributed by atoms with E-state index in [0.717, 1.165) is 10.9 Å². The molecule has 18 heavy (non-hydrogen) atoms. The molecule has 0 atom stereocenters. The lowest BCUT2D eigenvalue weighted by atomic mass is 10.2. The Labute approximate surface area is 105 Å². The van der Waals surface area contributed by atoms with Gasteiger partial charge in [0, 0.05) is 22.7 Å². The highest BCUT2D eigenvalue weighted by Gasteiger charge is 2.11. The quantitative estimate of drug-likeness (QED) is 0.715. The SMILES string of the molecule is FC(F)n1ccc(-n2ncc3ccc(Cl)cc32)n1. The fraction of sp³-hybridized carbons (Fsp3) is 0.0909. The van der Waals surface area contributed by atoms with Gasteiger partial charge < -0.3 is 0 Å². The number of hydrogen-bond donors (Lipinski definition) is 0. The average Bonchev–Trinajstić information content (AvgIpc) is 2.93. The minimum atomic E-state index is -2.66. The average molecular weight is 269 g/mol. The van der Waals surface area contributed by atoms with Crippen LogP contribution in [0.1, 0.15) is 6.55 Å². The molecule has 1 aromatic carbocycles. The topological polar surface area (TPSA) is 35.6 Å². The Balaban J connectivity index is 2.15. The number of nitrogens with zero attached hydrogens (tertiary/aromatic N) is 4. The van der Waals surface area contributed by atoms with Crippen molar-refractivity contribution in [2.45, 2.75) is 6.55 Å². The normalized spacial score (nSPS) is 11.6. The first kappa shape index (κ1) is 11.2. The fourth-order valence-corrected chi connectivity index (χ4v) is 1.89. The largest absolute Gasteiger partial charge is 0.333 e. The van der Waals surface area contributed by atoms with Crippen molar-refractivity contribution in [3.63, 3.8) is 0 Å². The van der Waals surface area contributed by atoms with Gasteiger partial charge in [-0.2, -0.15) is 13.9 Å². The smallest absolute Gasteiger partial charge is 0.213 e. The molecule has 2 heterocycles. The molecule has 0 aliphatic carbocycles. The van der Waals surface area contributed by atoms with E-state index in [0.29, 0.717) is 15.5 Å². The third-order valence-corrected chi connectivity index (χ3v) is 2.78. The summed E-state index contributed by atoms with van der Waals surface area (Å²) < 4.78 is 26.9. The highest BCUT2D eigenvalue weighted by molar-refractivity contribution is 6.31. The Morgan fingerprint density at radius 3 is 2.78 bits per heavy atom. The summed E-state index contributed by atoms with van der Waals surface area (Å²) in [5.74, 6) is 0.326. The number of hydrogen-bond acceptors (Lipinski definition) is 2. The summed E-state index contributed by atoms with van der Waals surface area (Å²) in [4.78, 5) is 0. The van der Waals surface area contributed by atoms with Gasteiger partial charge in [0.15, 0.2) is 5.82 Å². The van der Waals surface area contributed by atoms with Crippen LogP contribution in [0.3, 0.4) is 0 Å². The van der Waals surface area contributed by atoms with Crippen molar-refractivity contribution < 1.29 is 8.78 Å². The van der Waals surface area contributed by atoms with Crippen LogP contribution >= 0.6 is 11.6 Å². The van der Waals surface area contributed by atoms with Crippen LogP contribution in [0.15, 0.2) is 36.7 Å². The Bertz CT molecular complexity index is 704. The van der Waals surface area contributed by atoms with Crippen LogP contribution in [-0.2, 0) is 0 Å². The number of benzene rings is 1. The van der Waals surface area contributed by atoms with Gasteiger partial charge in [0.25, 0.3) is 0 Å². The predicted octanol–water partition coefficient (Wildman–Crippen LogP) is 3.27. The Kier molecular flexibility index (Phi) is 2.52. The lowest BCUT2D eigenvalue weighted by Gasteiger charge is -2.00. The monoisotopic (exact) mass is 268 g/mol. The van der Waals surface area contributed by atoms with E-state index >= 15 is 0 Å². The highest BCUT2D eigenvalue weighted by Crippen LogP contribution is 2.21. The second-order valence-electron chi connectivity index (χ2n) is 3.69. The van der Waals surface area contributed by atoms with Crippen LogP contribution in [0.25, 0.3) is 16.7 Å². The molecule has 0 fully saturated rings. The van der Waals surface area contributed by atoms with E-state index in [1.165, 1.54) is 16.9 Å². The third kappa shape index (κ3) is 1.74. The van der Waals surface area contributed by atoms with Crippen LogP contribution in [0.4, 0.5) is 8.78 Å². The minimum Gasteiger partial charge on any atom is -0.213 e. The predicted molar refractivity (Wildman–Crippen MR) is 63.1 cm³/mol. The van der Waals surface area contributed by atoms with Crippen molar-refractivity contribution in [3.05, 3.63) is 41.7 Å². The Hall–Kier alpha value is -1.95. The van der Waals surface area contributed by atoms with Crippen molar-refractivity contribution in [3.8, 4) is 5.82 Å². The molecule has 0 unspecified atom stereocenters. The van der Waals surface area contributed by atoms with Crippen molar-refractivity contribution in [1.29, 1.82) is 0 Å². The summed E-state index contributed by atoms with van der Waals surface area (Å²) in [6, 6.07) is 6.74. The maximum absolute atomic E-state index is 12.4. The molecule has 0 amide bonds. The molecular formula is C11H7ClF2N4. The molecule has 0 spiro atoms. The Morgan fingerprint density at radius 2 is 2.06 bits per heavy atom. The summed E-state index contributed by atoms with van der Waals surface area (Å²) in [6.45, 7) is -2.66. The van der Waals surface area contributed by atoms with E-state index in [4.69, 9.17) is 11.6 Å². The second kappa shape index (κ2) is 4.06. The molecule has 0 N–H and O–H groups in total. The van der Waals surface area contributed by atoms with E-state index in [1.807, 2.05) is 6.07 Å². The first-order valence-electron chi connectivity index (χ1n) is 5.12. The molecule has 2 aromatic heterocycles. The molecule has 0 aliphatic heterocycles. The van der Waals surface area contributed by atoms with E-state index in [9.17, 15) is 8.78 Å². The number of alkyl halides is 2. The van der Waals surface area contributed by atoms with Crippen molar-refractivity contribution in [2.75, 3.05) is 0 Å². The first-order valence-corrected chi connectivity index (χ1v) is 5.50. The lowest BCUT2D eigenvalue weighted by Crippen LogP contribution is -2.02. The molecule has 3 aromatic rings. The van der Waals surface area contributed by atoms with Gasteiger partial charge >= 0.3 is 6.55 Å². The summed E-state index contributed by atoms with van der Waals surface area (Å²) in [6.07, 6.45) is 2.84.